The zero-order chi connectivity index (χ0) is 21.5. The highest BCUT2D eigenvalue weighted by atomic mass is 32.1. The summed E-state index contributed by atoms with van der Waals surface area (Å²) in [5.74, 6) is 0.758. The van der Waals surface area contributed by atoms with Gasteiger partial charge >= 0.3 is 0 Å². The van der Waals surface area contributed by atoms with Crippen LogP contribution >= 0.6 is 11.3 Å². The first-order valence-electron chi connectivity index (χ1n) is 10.0. The molecule has 1 N–H and O–H groups in total. The summed E-state index contributed by atoms with van der Waals surface area (Å²) in [5.41, 5.74) is 3.16. The Morgan fingerprint density at radius 2 is 2.10 bits per heavy atom. The van der Waals surface area contributed by atoms with Crippen molar-refractivity contribution in [2.24, 2.45) is 0 Å². The zero-order valence-corrected chi connectivity index (χ0v) is 18.5. The summed E-state index contributed by atoms with van der Waals surface area (Å²) in [7, 11) is 3.65. The lowest BCUT2D eigenvalue weighted by atomic mass is 10.1. The summed E-state index contributed by atoms with van der Waals surface area (Å²) in [5, 5.41) is 4.33. The van der Waals surface area contributed by atoms with Crippen LogP contribution in [-0.4, -0.2) is 36.2 Å². The quantitative estimate of drug-likeness (QED) is 0.305. The minimum Gasteiger partial charge on any atom is -0.373 e. The number of anilines is 1. The topological polar surface area (TPSA) is 62.3 Å². The number of hydrogen-bond donors (Lipinski definition) is 1. The van der Waals surface area contributed by atoms with Gasteiger partial charge in [-0.25, -0.2) is 4.98 Å². The smallest absolute Gasteiger partial charge is 0.246 e. The van der Waals surface area contributed by atoms with E-state index < -0.39 is 0 Å². The van der Waals surface area contributed by atoms with E-state index in [2.05, 4.69) is 29.4 Å². The van der Waals surface area contributed by atoms with Gasteiger partial charge in [0.25, 0.3) is 0 Å². The molecule has 0 fully saturated rings. The van der Waals surface area contributed by atoms with E-state index in [1.165, 1.54) is 20.5 Å². The summed E-state index contributed by atoms with van der Waals surface area (Å²) in [4.78, 5) is 30.6. The van der Waals surface area contributed by atoms with Crippen LogP contribution in [0.3, 0.4) is 0 Å². The fraction of sp³-hybridized carbons (Fsp3) is 0.292. The molecule has 3 aromatic rings. The minimum atomic E-state index is -0.0490. The SMILES string of the molecule is CNc1ncc(/C=C/C(=O)N(C)Cc2sc3ccccc3c2C)cc1CCCC=O. The number of fused-ring (bicyclic) bond motifs is 1. The second kappa shape index (κ2) is 10.2. The lowest BCUT2D eigenvalue weighted by molar-refractivity contribution is -0.125. The molecule has 5 nitrogen and oxygen atoms in total. The van der Waals surface area contributed by atoms with Gasteiger partial charge < -0.3 is 15.0 Å². The molecule has 0 bridgehead atoms. The monoisotopic (exact) mass is 421 g/mol. The molecule has 3 rings (SSSR count). The highest BCUT2D eigenvalue weighted by molar-refractivity contribution is 7.19. The molecule has 0 saturated heterocycles. The molecule has 0 atom stereocenters. The number of aromatic nitrogens is 1. The number of nitrogens with one attached hydrogen (secondary N) is 1. The summed E-state index contributed by atoms with van der Waals surface area (Å²) < 4.78 is 1.25. The molecule has 2 aromatic heterocycles. The Morgan fingerprint density at radius 3 is 2.83 bits per heavy atom. The van der Waals surface area contributed by atoms with E-state index in [1.54, 1.807) is 34.6 Å². The number of carbonyl (C=O) groups excluding carboxylic acids is 2. The van der Waals surface area contributed by atoms with Gasteiger partial charge in [-0.3, -0.25) is 4.79 Å². The van der Waals surface area contributed by atoms with Crippen LogP contribution in [0.2, 0.25) is 0 Å². The Kier molecular flexibility index (Phi) is 7.36. The normalized spacial score (nSPS) is 11.2. The van der Waals surface area contributed by atoms with E-state index >= 15 is 0 Å². The van der Waals surface area contributed by atoms with Crippen LogP contribution in [-0.2, 0) is 22.6 Å². The van der Waals surface area contributed by atoms with Crippen LogP contribution in [0.1, 0.15) is 34.4 Å². The minimum absolute atomic E-state index is 0.0490. The largest absolute Gasteiger partial charge is 0.373 e. The summed E-state index contributed by atoms with van der Waals surface area (Å²) in [6, 6.07) is 10.3. The van der Waals surface area contributed by atoms with Crippen LogP contribution in [0.5, 0.6) is 0 Å². The van der Waals surface area contributed by atoms with E-state index in [9.17, 15) is 9.59 Å². The molecular formula is C24H27N3O2S. The number of carbonyl (C=O) groups is 2. The Morgan fingerprint density at radius 1 is 1.30 bits per heavy atom. The first kappa shape index (κ1) is 21.7. The molecule has 0 aliphatic rings. The number of unbranched alkanes of at least 4 members (excludes halogenated alkanes) is 1. The van der Waals surface area contributed by atoms with E-state index in [0.717, 1.165) is 36.1 Å². The second-order valence-corrected chi connectivity index (χ2v) is 8.40. The van der Waals surface area contributed by atoms with Gasteiger partial charge in [0.05, 0.1) is 6.54 Å². The number of nitrogens with zero attached hydrogens (tertiary/aromatic N) is 2. The first-order valence-corrected chi connectivity index (χ1v) is 10.9. The number of amides is 1. The maximum Gasteiger partial charge on any atom is 0.246 e. The highest BCUT2D eigenvalue weighted by Crippen LogP contribution is 2.31. The number of pyridine rings is 1. The average molecular weight is 422 g/mol. The molecule has 1 amide bonds. The molecule has 2 heterocycles. The van der Waals surface area contributed by atoms with Crippen molar-refractivity contribution in [1.82, 2.24) is 9.88 Å². The van der Waals surface area contributed by atoms with Crippen LogP contribution < -0.4 is 5.32 Å². The van der Waals surface area contributed by atoms with Crippen molar-refractivity contribution < 1.29 is 9.59 Å². The zero-order valence-electron chi connectivity index (χ0n) is 17.6. The Labute approximate surface area is 181 Å². The number of likely N-dealkylation sites (N-methyl/N-ethyl adjacent to an activating group) is 1. The van der Waals surface area contributed by atoms with Crippen molar-refractivity contribution in [2.75, 3.05) is 19.4 Å². The van der Waals surface area contributed by atoms with Gasteiger partial charge in [0.15, 0.2) is 0 Å². The molecule has 0 unspecified atom stereocenters. The molecule has 1 aromatic carbocycles. The Balaban J connectivity index is 1.69. The third kappa shape index (κ3) is 5.13. The van der Waals surface area contributed by atoms with Crippen molar-refractivity contribution in [3.05, 3.63) is 64.2 Å². The lowest BCUT2D eigenvalue weighted by Crippen LogP contribution is -2.23. The number of aldehydes is 1. The van der Waals surface area contributed by atoms with Gasteiger partial charge in [0, 0.05) is 42.4 Å². The molecule has 0 spiro atoms. The van der Waals surface area contributed by atoms with Gasteiger partial charge in [-0.15, -0.1) is 11.3 Å². The Hall–Kier alpha value is -2.99. The molecule has 0 aliphatic carbocycles. The maximum atomic E-state index is 12.6. The third-order valence-corrected chi connectivity index (χ3v) is 6.37. The van der Waals surface area contributed by atoms with Crippen molar-refractivity contribution in [3.8, 4) is 0 Å². The molecule has 156 valence electrons. The molecule has 0 saturated carbocycles. The first-order chi connectivity index (χ1) is 14.5. The fourth-order valence-corrected chi connectivity index (χ4v) is 4.64. The van der Waals surface area contributed by atoms with Gasteiger partial charge in [-0.2, -0.15) is 0 Å². The lowest BCUT2D eigenvalue weighted by Gasteiger charge is -2.14. The number of aryl methyl sites for hydroxylation is 2. The predicted molar refractivity (Wildman–Crippen MR) is 125 cm³/mol. The summed E-state index contributed by atoms with van der Waals surface area (Å²) in [6.07, 6.45) is 8.15. The molecule has 6 heteroatoms. The molecule has 0 aliphatic heterocycles. The third-order valence-electron chi connectivity index (χ3n) is 5.11. The van der Waals surface area contributed by atoms with Crippen molar-refractivity contribution >= 4 is 45.5 Å². The summed E-state index contributed by atoms with van der Waals surface area (Å²) in [6.45, 7) is 2.70. The molecule has 0 radical (unpaired) electrons. The van der Waals surface area contributed by atoms with Gasteiger partial charge in [-0.1, -0.05) is 18.2 Å². The summed E-state index contributed by atoms with van der Waals surface area (Å²) >= 11 is 1.74. The molecular weight excluding hydrogens is 394 g/mol. The van der Waals surface area contributed by atoms with Crippen molar-refractivity contribution in [1.29, 1.82) is 0 Å². The number of thiophene rings is 1. The Bertz CT molecular complexity index is 1070. The number of rotatable bonds is 9. The van der Waals surface area contributed by atoms with E-state index in [1.807, 2.05) is 32.3 Å². The van der Waals surface area contributed by atoms with Gasteiger partial charge in [-0.05, 0) is 60.1 Å². The van der Waals surface area contributed by atoms with Crippen LogP contribution in [0.15, 0.2) is 42.6 Å². The fourth-order valence-electron chi connectivity index (χ4n) is 3.38. The van der Waals surface area contributed by atoms with Crippen LogP contribution in [0, 0.1) is 6.92 Å². The van der Waals surface area contributed by atoms with Gasteiger partial charge in [0.2, 0.25) is 5.91 Å². The number of hydrogen-bond acceptors (Lipinski definition) is 5. The maximum absolute atomic E-state index is 12.6. The van der Waals surface area contributed by atoms with Crippen molar-refractivity contribution in [2.45, 2.75) is 32.7 Å². The predicted octanol–water partition coefficient (Wildman–Crippen LogP) is 4.84. The number of benzene rings is 1. The van der Waals surface area contributed by atoms with E-state index in [0.29, 0.717) is 13.0 Å². The van der Waals surface area contributed by atoms with Crippen molar-refractivity contribution in [3.63, 3.8) is 0 Å². The van der Waals surface area contributed by atoms with E-state index in [-0.39, 0.29) is 5.91 Å². The highest BCUT2D eigenvalue weighted by Gasteiger charge is 2.12. The standard InChI is InChI=1S/C24H27N3O2S/c1-17-20-9-4-5-10-21(20)30-22(17)16-27(3)23(29)12-11-18-14-19(8-6-7-13-28)24(25-2)26-15-18/h4-5,9-15H,6-8,16H2,1-3H3,(H,25,26)/b12-11+. The van der Waals surface area contributed by atoms with Gasteiger partial charge in [0.1, 0.15) is 12.1 Å². The van der Waals surface area contributed by atoms with Crippen LogP contribution in [0.4, 0.5) is 5.82 Å². The average Bonchev–Trinajstić information content (AvgIpc) is 3.07. The molecule has 30 heavy (non-hydrogen) atoms. The van der Waals surface area contributed by atoms with E-state index in [4.69, 9.17) is 0 Å². The van der Waals surface area contributed by atoms with Crippen LogP contribution in [0.25, 0.3) is 16.2 Å². The second-order valence-electron chi connectivity index (χ2n) is 7.26.